The molecule has 1 rings (SSSR count). The van der Waals surface area contributed by atoms with Crippen molar-refractivity contribution in [1.29, 1.82) is 0 Å². The third kappa shape index (κ3) is 24.6. The van der Waals surface area contributed by atoms with E-state index in [2.05, 4.69) is 61.0 Å². The van der Waals surface area contributed by atoms with Gasteiger partial charge < -0.3 is 16.0 Å². The summed E-state index contributed by atoms with van der Waals surface area (Å²) in [6.45, 7) is 44.9. The molecule has 0 aromatic heterocycles. The topological polar surface area (TPSA) is 159 Å². The van der Waals surface area contributed by atoms with Crippen LogP contribution in [0.2, 0.25) is 0 Å². The number of ketones is 6. The molecule has 0 heterocycles. The second-order valence-corrected chi connectivity index (χ2v) is 26.0. The quantitative estimate of drug-likeness (QED) is 0.108. The zero-order valence-corrected chi connectivity index (χ0v) is 46.1. The maximum atomic E-state index is 13.4. The second kappa shape index (κ2) is 24.7. The maximum absolute atomic E-state index is 13.4. The van der Waals surface area contributed by atoms with Gasteiger partial charge in [0.25, 0.3) is 0 Å². The highest BCUT2D eigenvalue weighted by atomic mass is 16.2. The minimum Gasteiger partial charge on any atom is -0.346 e. The van der Waals surface area contributed by atoms with Crippen LogP contribution in [0.1, 0.15) is 196 Å². The van der Waals surface area contributed by atoms with E-state index in [9.17, 15) is 33.6 Å². The zero-order chi connectivity index (χ0) is 52.2. The number of amides is 1. The van der Waals surface area contributed by atoms with E-state index in [0.717, 1.165) is 12.1 Å². The first-order valence-electron chi connectivity index (χ1n) is 24.2. The lowest BCUT2D eigenvalue weighted by atomic mass is 9.82. The molecular formula is C55H96N4O7. The molecule has 0 aliphatic carbocycles. The first kappa shape index (κ1) is 62.6. The van der Waals surface area contributed by atoms with Crippen LogP contribution < -0.4 is 16.0 Å². The summed E-state index contributed by atoms with van der Waals surface area (Å²) in [5, 5.41) is 9.66. The summed E-state index contributed by atoms with van der Waals surface area (Å²) in [6.07, 6.45) is 1.45. The van der Waals surface area contributed by atoms with Gasteiger partial charge >= 0.3 is 0 Å². The van der Waals surface area contributed by atoms with Crippen LogP contribution >= 0.6 is 0 Å². The summed E-state index contributed by atoms with van der Waals surface area (Å²) in [6, 6.07) is 6.55. The molecule has 3 unspecified atom stereocenters. The van der Waals surface area contributed by atoms with E-state index in [0.29, 0.717) is 12.8 Å². The molecule has 0 aliphatic heterocycles. The van der Waals surface area contributed by atoms with E-state index in [4.69, 9.17) is 0 Å². The number of benzene rings is 1. The standard InChI is InChI=1S/C29H48N2O3.C26H48N2O4/c1-20(2)26(34)23(16-21-12-14-22(15-13-21)17-30-29(9,10)11)31(18-24(32)27(3,4)5)19-25(33)28(6,7)8;1-23(2,3)19(29)15-13-17(21(31)24(4,5)6)27-20(30)16-14-18(28-26(10,11)12)22(32)25(7,8)9/h12-15,20,23,30H,16-19H2,1-11H3;17-18,28H,13-16H2,1-12H3,(H,27,30). The van der Waals surface area contributed by atoms with Gasteiger partial charge in [0.2, 0.25) is 5.91 Å². The molecule has 1 amide bonds. The first-order valence-corrected chi connectivity index (χ1v) is 24.2. The lowest BCUT2D eigenvalue weighted by Gasteiger charge is -2.34. The molecule has 1 aromatic rings. The van der Waals surface area contributed by atoms with Gasteiger partial charge in [-0.3, -0.25) is 38.5 Å². The maximum Gasteiger partial charge on any atom is 0.220 e. The third-order valence-electron chi connectivity index (χ3n) is 11.2. The average molecular weight is 925 g/mol. The average Bonchev–Trinajstić information content (AvgIpc) is 3.12. The fourth-order valence-electron chi connectivity index (χ4n) is 6.60. The van der Waals surface area contributed by atoms with Crippen molar-refractivity contribution in [2.24, 2.45) is 33.0 Å². The summed E-state index contributed by atoms with van der Waals surface area (Å²) in [5.41, 5.74) is -0.792. The molecule has 0 saturated carbocycles. The predicted molar refractivity (Wildman–Crippen MR) is 271 cm³/mol. The molecule has 0 spiro atoms. The number of carbonyl (C=O) groups is 7. The largest absolute Gasteiger partial charge is 0.346 e. The smallest absolute Gasteiger partial charge is 0.220 e. The minimum atomic E-state index is -0.721. The van der Waals surface area contributed by atoms with Crippen LogP contribution in [0.5, 0.6) is 0 Å². The van der Waals surface area contributed by atoms with E-state index in [-0.39, 0.29) is 90.0 Å². The first-order chi connectivity index (χ1) is 29.4. The van der Waals surface area contributed by atoms with Gasteiger partial charge in [-0.2, -0.15) is 0 Å². The van der Waals surface area contributed by atoms with Crippen molar-refractivity contribution in [3.63, 3.8) is 0 Å². The molecule has 66 heavy (non-hydrogen) atoms. The molecule has 1 aromatic carbocycles. The Kier molecular flexibility index (Phi) is 23.5. The monoisotopic (exact) mass is 925 g/mol. The molecule has 378 valence electrons. The Morgan fingerprint density at radius 1 is 0.500 bits per heavy atom. The number of hydrogen-bond acceptors (Lipinski definition) is 10. The molecule has 0 saturated heterocycles. The highest BCUT2D eigenvalue weighted by Gasteiger charge is 2.37. The van der Waals surface area contributed by atoms with Crippen LogP contribution in [0.3, 0.4) is 0 Å². The van der Waals surface area contributed by atoms with Crippen molar-refractivity contribution in [2.75, 3.05) is 13.1 Å². The van der Waals surface area contributed by atoms with Crippen LogP contribution in [-0.4, -0.2) is 87.8 Å². The van der Waals surface area contributed by atoms with Crippen molar-refractivity contribution >= 4 is 40.6 Å². The van der Waals surface area contributed by atoms with Crippen LogP contribution in [0, 0.1) is 33.0 Å². The van der Waals surface area contributed by atoms with E-state index < -0.39 is 45.2 Å². The molecule has 3 atom stereocenters. The summed E-state index contributed by atoms with van der Waals surface area (Å²) in [7, 11) is 0. The van der Waals surface area contributed by atoms with Crippen LogP contribution in [0.15, 0.2) is 24.3 Å². The van der Waals surface area contributed by atoms with Crippen molar-refractivity contribution < 1.29 is 33.6 Å². The van der Waals surface area contributed by atoms with Crippen LogP contribution in [0.25, 0.3) is 0 Å². The fourth-order valence-corrected chi connectivity index (χ4v) is 6.60. The Morgan fingerprint density at radius 2 is 0.894 bits per heavy atom. The van der Waals surface area contributed by atoms with Gasteiger partial charge in [0.15, 0.2) is 28.9 Å². The van der Waals surface area contributed by atoms with E-state index in [1.54, 1.807) is 0 Å². The Morgan fingerprint density at radius 3 is 1.26 bits per heavy atom. The van der Waals surface area contributed by atoms with Crippen molar-refractivity contribution in [2.45, 2.75) is 227 Å². The highest BCUT2D eigenvalue weighted by molar-refractivity contribution is 5.94. The zero-order valence-electron chi connectivity index (χ0n) is 46.1. The van der Waals surface area contributed by atoms with E-state index in [1.165, 1.54) is 5.56 Å². The molecule has 0 fully saturated rings. The number of hydrogen-bond donors (Lipinski definition) is 3. The van der Waals surface area contributed by atoms with E-state index >= 15 is 0 Å². The lowest BCUT2D eigenvalue weighted by molar-refractivity contribution is -0.135. The Labute approximate surface area is 402 Å². The molecule has 3 N–H and O–H groups in total. The Hall–Kier alpha value is -3.41. The molecule has 0 radical (unpaired) electrons. The molecule has 11 heteroatoms. The summed E-state index contributed by atoms with van der Waals surface area (Å²) < 4.78 is 0. The number of nitrogens with zero attached hydrogens (tertiary/aromatic N) is 1. The molecule has 11 nitrogen and oxygen atoms in total. The summed E-state index contributed by atoms with van der Waals surface area (Å²) >= 11 is 0. The SMILES string of the molecule is CC(C)(C)NC(CCC(=O)NC(CCC(=O)C(C)(C)C)C(=O)C(C)(C)C)C(=O)C(C)(C)C.CC(C)C(=O)C(Cc1ccc(CNC(C)(C)C)cc1)N(CC(=O)C(C)(C)C)CC(=O)C(C)(C)C. The third-order valence-corrected chi connectivity index (χ3v) is 11.2. The van der Waals surface area contributed by atoms with Gasteiger partial charge in [-0.1, -0.05) is 142 Å². The van der Waals surface area contributed by atoms with Crippen molar-refractivity contribution in [1.82, 2.24) is 20.9 Å². The minimum absolute atomic E-state index is 0.0272. The van der Waals surface area contributed by atoms with Crippen LogP contribution in [-0.2, 0) is 46.5 Å². The van der Waals surface area contributed by atoms with Crippen molar-refractivity contribution in [3.05, 3.63) is 35.4 Å². The summed E-state index contributed by atoms with van der Waals surface area (Å²) in [5.74, 6) is -0.347. The van der Waals surface area contributed by atoms with Gasteiger partial charge in [-0.15, -0.1) is 0 Å². The lowest BCUT2D eigenvalue weighted by Crippen LogP contribution is -2.51. The summed E-state index contributed by atoms with van der Waals surface area (Å²) in [4.78, 5) is 92.1. The molecule has 0 aliphatic rings. The van der Waals surface area contributed by atoms with Gasteiger partial charge in [0.05, 0.1) is 31.2 Å². The molecule has 0 bridgehead atoms. The number of Topliss-reactive ketones (excluding diaryl/α,β-unsaturated/α-hetero) is 6. The van der Waals surface area contributed by atoms with Gasteiger partial charge in [-0.05, 0) is 71.9 Å². The normalized spacial score (nSPS) is 14.5. The number of rotatable bonds is 21. The van der Waals surface area contributed by atoms with Gasteiger partial charge in [0, 0.05) is 63.5 Å². The highest BCUT2D eigenvalue weighted by Crippen LogP contribution is 2.26. The van der Waals surface area contributed by atoms with Crippen LogP contribution in [0.4, 0.5) is 0 Å². The predicted octanol–water partition coefficient (Wildman–Crippen LogP) is 9.88. The molecular weight excluding hydrogens is 829 g/mol. The second-order valence-electron chi connectivity index (χ2n) is 26.0. The van der Waals surface area contributed by atoms with Gasteiger partial charge in [0.1, 0.15) is 5.78 Å². The van der Waals surface area contributed by atoms with Crippen molar-refractivity contribution in [3.8, 4) is 0 Å². The number of carbonyl (C=O) groups excluding carboxylic acids is 7. The fraction of sp³-hybridized carbons (Fsp3) is 0.764. The van der Waals surface area contributed by atoms with Gasteiger partial charge in [-0.25, -0.2) is 0 Å². The Bertz CT molecular complexity index is 1750. The van der Waals surface area contributed by atoms with E-state index in [1.807, 2.05) is 143 Å². The number of nitrogens with one attached hydrogen (secondary N) is 3. The Balaban J connectivity index is 0.00000128.